The van der Waals surface area contributed by atoms with Crippen LogP contribution in [0.2, 0.25) is 0 Å². The average molecular weight is 279 g/mol. The SMILES string of the molecule is NC1(c2c(F)cccc2F)CCC(C(F)(F)F)CC1. The summed E-state index contributed by atoms with van der Waals surface area (Å²) in [6.07, 6.45) is -4.82. The number of alkyl halides is 3. The molecule has 0 saturated heterocycles. The Bertz CT molecular complexity index is 440. The maximum atomic E-state index is 13.7. The smallest absolute Gasteiger partial charge is 0.321 e. The number of nitrogens with two attached hydrogens (primary N) is 1. The molecular formula is C13H14F5N. The molecule has 6 heteroatoms. The second kappa shape index (κ2) is 4.74. The standard InChI is InChI=1S/C13H14F5N/c14-9-2-1-3-10(15)11(9)12(19)6-4-8(5-7-12)13(16,17)18/h1-3,8H,4-7,19H2. The molecule has 1 aromatic carbocycles. The molecule has 1 nitrogen and oxygen atoms in total. The summed E-state index contributed by atoms with van der Waals surface area (Å²) in [7, 11) is 0. The molecule has 0 radical (unpaired) electrons. The molecule has 0 aromatic heterocycles. The van der Waals surface area contributed by atoms with Gasteiger partial charge in [0.25, 0.3) is 0 Å². The molecule has 1 fully saturated rings. The van der Waals surface area contributed by atoms with Crippen LogP contribution in [0.3, 0.4) is 0 Å². The highest BCUT2D eigenvalue weighted by Gasteiger charge is 2.46. The summed E-state index contributed by atoms with van der Waals surface area (Å²) < 4.78 is 65.0. The molecule has 2 rings (SSSR count). The third-order valence-electron chi connectivity index (χ3n) is 3.80. The topological polar surface area (TPSA) is 26.0 Å². The van der Waals surface area contributed by atoms with Gasteiger partial charge in [0.2, 0.25) is 0 Å². The number of hydrogen-bond donors (Lipinski definition) is 1. The summed E-state index contributed by atoms with van der Waals surface area (Å²) in [5.74, 6) is -3.03. The first-order chi connectivity index (χ1) is 8.74. The fourth-order valence-electron chi connectivity index (χ4n) is 2.68. The van der Waals surface area contributed by atoms with Gasteiger partial charge in [-0.2, -0.15) is 13.2 Å². The van der Waals surface area contributed by atoms with Gasteiger partial charge in [-0.25, -0.2) is 8.78 Å². The van der Waals surface area contributed by atoms with Crippen molar-refractivity contribution in [1.82, 2.24) is 0 Å². The van der Waals surface area contributed by atoms with E-state index < -0.39 is 29.3 Å². The summed E-state index contributed by atoms with van der Waals surface area (Å²) in [5.41, 5.74) is 4.29. The van der Waals surface area contributed by atoms with Crippen molar-refractivity contribution in [2.45, 2.75) is 37.4 Å². The molecule has 0 unspecified atom stereocenters. The van der Waals surface area contributed by atoms with Gasteiger partial charge in [0.05, 0.1) is 5.92 Å². The van der Waals surface area contributed by atoms with Gasteiger partial charge in [0.1, 0.15) is 11.6 Å². The largest absolute Gasteiger partial charge is 0.391 e. The van der Waals surface area contributed by atoms with E-state index in [1.54, 1.807) is 0 Å². The predicted octanol–water partition coefficient (Wildman–Crippen LogP) is 3.87. The van der Waals surface area contributed by atoms with E-state index in [2.05, 4.69) is 0 Å². The number of hydrogen-bond acceptors (Lipinski definition) is 1. The summed E-state index contributed by atoms with van der Waals surface area (Å²) in [4.78, 5) is 0. The van der Waals surface area contributed by atoms with Gasteiger partial charge in [-0.05, 0) is 37.8 Å². The van der Waals surface area contributed by atoms with Crippen LogP contribution in [0.5, 0.6) is 0 Å². The van der Waals surface area contributed by atoms with Crippen molar-refractivity contribution in [2.24, 2.45) is 11.7 Å². The minimum Gasteiger partial charge on any atom is -0.321 e. The van der Waals surface area contributed by atoms with Crippen molar-refractivity contribution in [1.29, 1.82) is 0 Å². The Morgan fingerprint density at radius 3 is 1.95 bits per heavy atom. The van der Waals surface area contributed by atoms with Crippen LogP contribution in [0, 0.1) is 17.6 Å². The molecule has 0 heterocycles. The van der Waals surface area contributed by atoms with Crippen molar-refractivity contribution in [3.05, 3.63) is 35.4 Å². The average Bonchev–Trinajstić information content (AvgIpc) is 2.27. The minimum absolute atomic E-state index is 0.0744. The van der Waals surface area contributed by atoms with Crippen LogP contribution in [0.25, 0.3) is 0 Å². The summed E-state index contributed by atoms with van der Waals surface area (Å²) in [6, 6.07) is 3.35. The lowest BCUT2D eigenvalue weighted by Crippen LogP contribution is -2.44. The van der Waals surface area contributed by atoms with E-state index in [0.29, 0.717) is 0 Å². The monoisotopic (exact) mass is 279 g/mol. The Balaban J connectivity index is 2.23. The van der Waals surface area contributed by atoms with E-state index in [9.17, 15) is 22.0 Å². The second-order valence-corrected chi connectivity index (χ2v) is 5.07. The quantitative estimate of drug-likeness (QED) is 0.776. The zero-order valence-electron chi connectivity index (χ0n) is 10.1. The maximum absolute atomic E-state index is 13.7. The van der Waals surface area contributed by atoms with Crippen LogP contribution in [0.15, 0.2) is 18.2 Å². The van der Waals surface area contributed by atoms with Gasteiger partial charge in [-0.15, -0.1) is 0 Å². The van der Waals surface area contributed by atoms with E-state index >= 15 is 0 Å². The third-order valence-corrected chi connectivity index (χ3v) is 3.80. The summed E-state index contributed by atoms with van der Waals surface area (Å²) in [6.45, 7) is 0. The van der Waals surface area contributed by atoms with E-state index in [0.717, 1.165) is 12.1 Å². The Labute approximate surface area is 107 Å². The van der Waals surface area contributed by atoms with E-state index in [4.69, 9.17) is 5.73 Å². The van der Waals surface area contributed by atoms with Gasteiger partial charge >= 0.3 is 6.18 Å². The zero-order valence-corrected chi connectivity index (χ0v) is 10.1. The summed E-state index contributed by atoms with van der Waals surface area (Å²) >= 11 is 0. The zero-order chi connectivity index (χ0) is 14.3. The lowest BCUT2D eigenvalue weighted by atomic mass is 9.73. The lowest BCUT2D eigenvalue weighted by Gasteiger charge is -2.38. The molecule has 19 heavy (non-hydrogen) atoms. The Morgan fingerprint density at radius 2 is 1.53 bits per heavy atom. The van der Waals surface area contributed by atoms with E-state index in [1.165, 1.54) is 6.07 Å². The Morgan fingerprint density at radius 1 is 1.05 bits per heavy atom. The molecule has 1 saturated carbocycles. The van der Waals surface area contributed by atoms with Gasteiger partial charge in [0, 0.05) is 11.1 Å². The van der Waals surface area contributed by atoms with Crippen molar-refractivity contribution < 1.29 is 22.0 Å². The molecule has 0 spiro atoms. The maximum Gasteiger partial charge on any atom is 0.391 e. The van der Waals surface area contributed by atoms with Gasteiger partial charge in [-0.3, -0.25) is 0 Å². The third kappa shape index (κ3) is 2.73. The first kappa shape index (κ1) is 14.2. The van der Waals surface area contributed by atoms with Crippen molar-refractivity contribution >= 4 is 0 Å². The van der Waals surface area contributed by atoms with Crippen LogP contribution < -0.4 is 5.73 Å². The number of benzene rings is 1. The molecule has 0 amide bonds. The molecule has 1 aliphatic rings. The lowest BCUT2D eigenvalue weighted by molar-refractivity contribution is -0.184. The fraction of sp³-hybridized carbons (Fsp3) is 0.538. The van der Waals surface area contributed by atoms with Crippen molar-refractivity contribution in [3.8, 4) is 0 Å². The van der Waals surface area contributed by atoms with Crippen LogP contribution in [0.4, 0.5) is 22.0 Å². The summed E-state index contributed by atoms with van der Waals surface area (Å²) in [5, 5.41) is 0. The van der Waals surface area contributed by atoms with Gasteiger partial charge in [0.15, 0.2) is 0 Å². The van der Waals surface area contributed by atoms with E-state index in [-0.39, 0.29) is 31.2 Å². The van der Waals surface area contributed by atoms with Crippen molar-refractivity contribution in [3.63, 3.8) is 0 Å². The number of halogens is 5. The molecule has 1 aromatic rings. The van der Waals surface area contributed by atoms with Crippen LogP contribution in [0.1, 0.15) is 31.2 Å². The molecular weight excluding hydrogens is 265 g/mol. The van der Waals surface area contributed by atoms with E-state index in [1.807, 2.05) is 0 Å². The van der Waals surface area contributed by atoms with Crippen LogP contribution >= 0.6 is 0 Å². The normalized spacial score (nSPS) is 28.4. The van der Waals surface area contributed by atoms with Crippen molar-refractivity contribution in [2.75, 3.05) is 0 Å². The highest BCUT2D eigenvalue weighted by atomic mass is 19.4. The molecule has 1 aliphatic carbocycles. The first-order valence-corrected chi connectivity index (χ1v) is 6.04. The fourth-order valence-corrected chi connectivity index (χ4v) is 2.68. The van der Waals surface area contributed by atoms with Gasteiger partial charge < -0.3 is 5.73 Å². The molecule has 106 valence electrons. The molecule has 2 N–H and O–H groups in total. The Hall–Kier alpha value is -1.17. The van der Waals surface area contributed by atoms with Gasteiger partial charge in [-0.1, -0.05) is 6.07 Å². The Kier molecular flexibility index (Phi) is 3.55. The second-order valence-electron chi connectivity index (χ2n) is 5.07. The predicted molar refractivity (Wildman–Crippen MR) is 60.2 cm³/mol. The number of rotatable bonds is 1. The van der Waals surface area contributed by atoms with Crippen LogP contribution in [-0.2, 0) is 5.54 Å². The first-order valence-electron chi connectivity index (χ1n) is 6.04. The highest BCUT2D eigenvalue weighted by Crippen LogP contribution is 2.44. The molecule has 0 aliphatic heterocycles. The minimum atomic E-state index is -4.27. The van der Waals surface area contributed by atoms with Crippen LogP contribution in [-0.4, -0.2) is 6.18 Å². The molecule has 0 atom stereocenters. The highest BCUT2D eigenvalue weighted by molar-refractivity contribution is 5.28. The molecule has 0 bridgehead atoms.